The van der Waals surface area contributed by atoms with E-state index in [4.69, 9.17) is 11.6 Å². The summed E-state index contributed by atoms with van der Waals surface area (Å²) in [5, 5.41) is 8.10. The van der Waals surface area contributed by atoms with Crippen LogP contribution in [0.5, 0.6) is 0 Å². The number of aromatic nitrogens is 2. The number of halogens is 2. The number of hydrogen-bond acceptors (Lipinski definition) is 2. The molecule has 5 heteroatoms. The van der Waals surface area contributed by atoms with E-state index >= 15 is 0 Å². The first kappa shape index (κ1) is 12.2. The molecule has 0 radical (unpaired) electrons. The van der Waals surface area contributed by atoms with Crippen molar-refractivity contribution < 1.29 is 0 Å². The normalized spacial score (nSPS) is 10.2. The summed E-state index contributed by atoms with van der Waals surface area (Å²) < 4.78 is 2.56. The first-order valence-electron chi connectivity index (χ1n) is 5.03. The van der Waals surface area contributed by atoms with Gasteiger partial charge in [0.2, 0.25) is 0 Å². The van der Waals surface area contributed by atoms with Crippen molar-refractivity contribution in [2.75, 3.05) is 5.32 Å². The third-order valence-electron chi connectivity index (χ3n) is 2.26. The van der Waals surface area contributed by atoms with E-state index in [1.54, 1.807) is 17.1 Å². The van der Waals surface area contributed by atoms with Gasteiger partial charge in [0.25, 0.3) is 0 Å². The Kier molecular flexibility index (Phi) is 3.86. The number of hydrogen-bond donors (Lipinski definition) is 1. The molecule has 0 aliphatic carbocycles. The van der Waals surface area contributed by atoms with Gasteiger partial charge in [0.05, 0.1) is 11.2 Å². The largest absolute Gasteiger partial charge is 0.381 e. The molecule has 0 aliphatic heterocycles. The maximum atomic E-state index is 5.92. The molecule has 0 fully saturated rings. The molecule has 0 amide bonds. The molecular formula is C12H11BrClN3. The van der Waals surface area contributed by atoms with Gasteiger partial charge < -0.3 is 5.32 Å². The fourth-order valence-electron chi connectivity index (χ4n) is 1.38. The smallest absolute Gasteiger partial charge is 0.0549 e. The molecule has 0 atom stereocenters. The summed E-state index contributed by atoms with van der Waals surface area (Å²) in [7, 11) is 0. The van der Waals surface area contributed by atoms with Crippen molar-refractivity contribution in [1.82, 2.24) is 9.78 Å². The van der Waals surface area contributed by atoms with Crippen molar-refractivity contribution in [2.45, 2.75) is 6.54 Å². The summed E-state index contributed by atoms with van der Waals surface area (Å²) >= 11 is 9.31. The SMILES string of the molecule is C=Cn1cc(CNc2ccc(Cl)c(Br)c2)cn1. The maximum Gasteiger partial charge on any atom is 0.0549 e. The Morgan fingerprint density at radius 2 is 2.35 bits per heavy atom. The summed E-state index contributed by atoms with van der Waals surface area (Å²) in [4.78, 5) is 0. The van der Waals surface area contributed by atoms with Gasteiger partial charge in [0.1, 0.15) is 0 Å². The summed E-state index contributed by atoms with van der Waals surface area (Å²) in [6, 6.07) is 5.73. The molecule has 0 bridgehead atoms. The molecule has 1 aromatic heterocycles. The van der Waals surface area contributed by atoms with Gasteiger partial charge in [-0.15, -0.1) is 0 Å². The van der Waals surface area contributed by atoms with Crippen LogP contribution in [0.1, 0.15) is 5.56 Å². The number of nitrogens with one attached hydrogen (secondary N) is 1. The van der Waals surface area contributed by atoms with Crippen LogP contribution in [0, 0.1) is 0 Å². The van der Waals surface area contributed by atoms with Gasteiger partial charge in [-0.3, -0.25) is 0 Å². The van der Waals surface area contributed by atoms with Crippen molar-refractivity contribution in [3.05, 3.63) is 52.2 Å². The van der Waals surface area contributed by atoms with Crippen LogP contribution in [-0.2, 0) is 6.54 Å². The Hall–Kier alpha value is -1.26. The maximum absolute atomic E-state index is 5.92. The molecule has 0 saturated heterocycles. The minimum atomic E-state index is 0.704. The standard InChI is InChI=1S/C12H11BrClN3/c1-2-17-8-9(7-16-17)6-15-10-3-4-12(14)11(13)5-10/h2-5,7-8,15H,1,6H2. The van der Waals surface area contributed by atoms with Crippen molar-refractivity contribution in [1.29, 1.82) is 0 Å². The number of benzene rings is 1. The zero-order valence-electron chi connectivity index (χ0n) is 9.03. The fourth-order valence-corrected chi connectivity index (χ4v) is 1.88. The lowest BCUT2D eigenvalue weighted by Gasteiger charge is -2.05. The van der Waals surface area contributed by atoms with Crippen LogP contribution in [0.3, 0.4) is 0 Å². The zero-order valence-corrected chi connectivity index (χ0v) is 11.4. The van der Waals surface area contributed by atoms with Crippen LogP contribution < -0.4 is 5.32 Å². The molecule has 1 N–H and O–H groups in total. The lowest BCUT2D eigenvalue weighted by atomic mass is 10.3. The Morgan fingerprint density at radius 1 is 1.53 bits per heavy atom. The number of nitrogens with zero attached hydrogens (tertiary/aromatic N) is 2. The van der Waals surface area contributed by atoms with Crippen molar-refractivity contribution in [3.8, 4) is 0 Å². The van der Waals surface area contributed by atoms with E-state index in [-0.39, 0.29) is 0 Å². The minimum Gasteiger partial charge on any atom is -0.381 e. The highest BCUT2D eigenvalue weighted by atomic mass is 79.9. The van der Waals surface area contributed by atoms with Gasteiger partial charge in [-0.2, -0.15) is 5.10 Å². The summed E-state index contributed by atoms with van der Waals surface area (Å²) in [6.07, 6.45) is 5.38. The van der Waals surface area contributed by atoms with Crippen LogP contribution in [0.15, 0.2) is 41.6 Å². The van der Waals surface area contributed by atoms with Crippen LogP contribution in [0.25, 0.3) is 6.20 Å². The van der Waals surface area contributed by atoms with Gasteiger partial charge in [0, 0.05) is 34.7 Å². The van der Waals surface area contributed by atoms with Crippen molar-refractivity contribution >= 4 is 39.4 Å². The molecule has 17 heavy (non-hydrogen) atoms. The number of anilines is 1. The number of rotatable bonds is 4. The summed E-state index contributed by atoms with van der Waals surface area (Å²) in [5.41, 5.74) is 2.10. The van der Waals surface area contributed by atoms with Gasteiger partial charge >= 0.3 is 0 Å². The monoisotopic (exact) mass is 311 g/mol. The average Bonchev–Trinajstić information content (AvgIpc) is 2.79. The van der Waals surface area contributed by atoms with E-state index in [1.807, 2.05) is 24.4 Å². The molecule has 1 aromatic carbocycles. The second-order valence-corrected chi connectivity index (χ2v) is 4.76. The molecule has 0 unspecified atom stereocenters. The van der Waals surface area contributed by atoms with Crippen LogP contribution >= 0.6 is 27.5 Å². The summed E-state index contributed by atoms with van der Waals surface area (Å²) in [5.74, 6) is 0. The van der Waals surface area contributed by atoms with Gasteiger partial charge in [0.15, 0.2) is 0 Å². The Morgan fingerprint density at radius 3 is 3.00 bits per heavy atom. The highest BCUT2D eigenvalue weighted by Crippen LogP contribution is 2.25. The van der Waals surface area contributed by atoms with Crippen molar-refractivity contribution in [2.24, 2.45) is 0 Å². The van der Waals surface area contributed by atoms with Crippen LogP contribution in [-0.4, -0.2) is 9.78 Å². The molecule has 0 saturated carbocycles. The molecule has 2 aromatic rings. The molecular weight excluding hydrogens is 302 g/mol. The van der Waals surface area contributed by atoms with Crippen molar-refractivity contribution in [3.63, 3.8) is 0 Å². The lowest BCUT2D eigenvalue weighted by molar-refractivity contribution is 0.936. The Balaban J connectivity index is 2.01. The average molecular weight is 313 g/mol. The first-order chi connectivity index (χ1) is 8.19. The molecule has 2 rings (SSSR count). The van der Waals surface area contributed by atoms with Gasteiger partial charge in [-0.05, 0) is 34.1 Å². The zero-order chi connectivity index (χ0) is 12.3. The van der Waals surface area contributed by atoms with E-state index in [0.717, 1.165) is 15.7 Å². The van der Waals surface area contributed by atoms with Gasteiger partial charge in [-0.25, -0.2) is 4.68 Å². The van der Waals surface area contributed by atoms with E-state index < -0.39 is 0 Å². The fraction of sp³-hybridized carbons (Fsp3) is 0.0833. The first-order valence-corrected chi connectivity index (χ1v) is 6.20. The van der Waals surface area contributed by atoms with E-state index in [1.165, 1.54) is 0 Å². The molecule has 1 heterocycles. The van der Waals surface area contributed by atoms with E-state index in [9.17, 15) is 0 Å². The topological polar surface area (TPSA) is 29.9 Å². The minimum absolute atomic E-state index is 0.704. The predicted octanol–water partition coefficient (Wildman–Crippen LogP) is 4.01. The van der Waals surface area contributed by atoms with Gasteiger partial charge in [-0.1, -0.05) is 18.2 Å². The Labute approximate surface area is 113 Å². The van der Waals surface area contributed by atoms with E-state index in [0.29, 0.717) is 11.6 Å². The third-order valence-corrected chi connectivity index (χ3v) is 3.47. The molecule has 0 aliphatic rings. The quantitative estimate of drug-likeness (QED) is 0.924. The highest BCUT2D eigenvalue weighted by molar-refractivity contribution is 9.10. The van der Waals surface area contributed by atoms with Crippen LogP contribution in [0.2, 0.25) is 5.02 Å². The second kappa shape index (κ2) is 5.38. The highest BCUT2D eigenvalue weighted by Gasteiger charge is 2.00. The second-order valence-electron chi connectivity index (χ2n) is 3.49. The summed E-state index contributed by atoms with van der Waals surface area (Å²) in [6.45, 7) is 4.35. The molecule has 88 valence electrons. The Bertz CT molecular complexity index is 536. The lowest BCUT2D eigenvalue weighted by Crippen LogP contribution is -1.98. The van der Waals surface area contributed by atoms with Crippen LogP contribution in [0.4, 0.5) is 5.69 Å². The third kappa shape index (κ3) is 3.11. The van der Waals surface area contributed by atoms with E-state index in [2.05, 4.69) is 32.9 Å². The molecule has 0 spiro atoms. The predicted molar refractivity (Wildman–Crippen MR) is 75.1 cm³/mol. The molecule has 3 nitrogen and oxygen atoms in total.